The zero-order valence-electron chi connectivity index (χ0n) is 17.2. The van der Waals surface area contributed by atoms with E-state index in [0.717, 1.165) is 11.1 Å². The average Bonchev–Trinajstić information content (AvgIpc) is 2.74. The summed E-state index contributed by atoms with van der Waals surface area (Å²) in [7, 11) is -3.65. The van der Waals surface area contributed by atoms with Crippen molar-refractivity contribution >= 4 is 27.4 Å². The second kappa shape index (κ2) is 9.51. The molecule has 0 bridgehead atoms. The number of benzene rings is 2. The topological polar surface area (TPSA) is 92.8 Å². The molecule has 8 heteroatoms. The van der Waals surface area contributed by atoms with Crippen LogP contribution >= 0.6 is 0 Å². The normalized spacial score (nSPS) is 15.0. The van der Waals surface area contributed by atoms with E-state index in [1.165, 1.54) is 16.4 Å². The molecule has 160 valence electrons. The summed E-state index contributed by atoms with van der Waals surface area (Å²) >= 11 is 0. The lowest BCUT2D eigenvalue weighted by atomic mass is 10.0. The van der Waals surface area contributed by atoms with Crippen LogP contribution in [0.3, 0.4) is 0 Å². The highest BCUT2D eigenvalue weighted by atomic mass is 32.2. The SMILES string of the molecule is Cc1ccc(C(=O)CCC(=O)Nc2cc(S(=O)(=O)N3CCOCC3)ccc2C)cc1. The van der Waals surface area contributed by atoms with Crippen molar-refractivity contribution < 1.29 is 22.7 Å². The number of ether oxygens (including phenoxy) is 1. The Kier molecular flexibility index (Phi) is 7.02. The highest BCUT2D eigenvalue weighted by Gasteiger charge is 2.27. The summed E-state index contributed by atoms with van der Waals surface area (Å²) in [5, 5.41) is 2.74. The van der Waals surface area contributed by atoms with Gasteiger partial charge in [0.15, 0.2) is 5.78 Å². The van der Waals surface area contributed by atoms with Gasteiger partial charge in [-0.3, -0.25) is 9.59 Å². The molecule has 0 saturated carbocycles. The van der Waals surface area contributed by atoms with E-state index in [2.05, 4.69) is 5.32 Å². The number of carbonyl (C=O) groups is 2. The van der Waals surface area contributed by atoms with Gasteiger partial charge in [-0.25, -0.2) is 8.42 Å². The minimum absolute atomic E-state index is 0.0204. The fraction of sp³-hybridized carbons (Fsp3) is 0.364. The Morgan fingerprint density at radius 3 is 2.33 bits per heavy atom. The van der Waals surface area contributed by atoms with Crippen molar-refractivity contribution in [3.63, 3.8) is 0 Å². The first-order chi connectivity index (χ1) is 14.3. The van der Waals surface area contributed by atoms with Crippen LogP contribution in [0.1, 0.15) is 34.3 Å². The predicted octanol–water partition coefficient (Wildman–Crippen LogP) is 2.93. The van der Waals surface area contributed by atoms with E-state index in [-0.39, 0.29) is 29.4 Å². The van der Waals surface area contributed by atoms with Crippen molar-refractivity contribution in [1.82, 2.24) is 4.31 Å². The Bertz CT molecular complexity index is 1030. The summed E-state index contributed by atoms with van der Waals surface area (Å²) < 4.78 is 32.3. The zero-order chi connectivity index (χ0) is 21.7. The Morgan fingerprint density at radius 2 is 1.67 bits per heavy atom. The number of morpholine rings is 1. The molecule has 1 aliphatic rings. The van der Waals surface area contributed by atoms with Gasteiger partial charge in [-0.05, 0) is 31.5 Å². The van der Waals surface area contributed by atoms with Crippen LogP contribution in [0.4, 0.5) is 5.69 Å². The number of Topliss-reactive ketones (excluding diaryl/α,β-unsaturated/α-hetero) is 1. The lowest BCUT2D eigenvalue weighted by molar-refractivity contribution is -0.116. The van der Waals surface area contributed by atoms with Crippen LogP contribution in [0, 0.1) is 13.8 Å². The largest absolute Gasteiger partial charge is 0.379 e. The number of carbonyl (C=O) groups excluding carboxylic acids is 2. The Labute approximate surface area is 177 Å². The van der Waals surface area contributed by atoms with E-state index < -0.39 is 10.0 Å². The van der Waals surface area contributed by atoms with Gasteiger partial charge < -0.3 is 10.1 Å². The first-order valence-electron chi connectivity index (χ1n) is 9.85. The lowest BCUT2D eigenvalue weighted by Crippen LogP contribution is -2.40. The predicted molar refractivity (Wildman–Crippen MR) is 114 cm³/mol. The summed E-state index contributed by atoms with van der Waals surface area (Å²) in [6.07, 6.45) is 0.103. The molecule has 0 radical (unpaired) electrons. The van der Waals surface area contributed by atoms with E-state index in [9.17, 15) is 18.0 Å². The van der Waals surface area contributed by atoms with E-state index in [1.54, 1.807) is 25.1 Å². The number of hydrogen-bond donors (Lipinski definition) is 1. The standard InChI is InChI=1S/C22H26N2O5S/c1-16-3-6-18(7-4-16)21(25)9-10-22(26)23-20-15-19(8-5-17(20)2)30(27,28)24-11-13-29-14-12-24/h3-8,15H,9-14H2,1-2H3,(H,23,26). The molecule has 1 aliphatic heterocycles. The molecule has 1 N–H and O–H groups in total. The van der Waals surface area contributed by atoms with Gasteiger partial charge in [-0.1, -0.05) is 35.9 Å². The zero-order valence-corrected chi connectivity index (χ0v) is 18.0. The molecule has 1 amide bonds. The molecule has 1 heterocycles. The van der Waals surface area contributed by atoms with Gasteiger partial charge in [0, 0.05) is 37.2 Å². The van der Waals surface area contributed by atoms with Crippen LogP contribution in [0.2, 0.25) is 0 Å². The molecule has 0 spiro atoms. The van der Waals surface area contributed by atoms with E-state index >= 15 is 0 Å². The Balaban J connectivity index is 1.65. The number of amides is 1. The number of ketones is 1. The van der Waals surface area contributed by atoms with Crippen molar-refractivity contribution in [2.45, 2.75) is 31.6 Å². The van der Waals surface area contributed by atoms with Gasteiger partial charge in [0.1, 0.15) is 0 Å². The fourth-order valence-corrected chi connectivity index (χ4v) is 4.59. The maximum absolute atomic E-state index is 12.8. The number of aryl methyl sites for hydroxylation is 2. The van der Waals surface area contributed by atoms with Gasteiger partial charge in [-0.2, -0.15) is 4.31 Å². The third-order valence-electron chi connectivity index (χ3n) is 5.04. The van der Waals surface area contributed by atoms with Gasteiger partial charge in [-0.15, -0.1) is 0 Å². The van der Waals surface area contributed by atoms with Crippen molar-refractivity contribution in [2.24, 2.45) is 0 Å². The van der Waals surface area contributed by atoms with Gasteiger partial charge in [0.25, 0.3) is 0 Å². The summed E-state index contributed by atoms with van der Waals surface area (Å²) in [5.41, 5.74) is 2.81. The number of nitrogens with one attached hydrogen (secondary N) is 1. The summed E-state index contributed by atoms with van der Waals surface area (Å²) in [6, 6.07) is 11.9. The number of nitrogens with zero attached hydrogens (tertiary/aromatic N) is 1. The second-order valence-corrected chi connectivity index (χ2v) is 9.27. The van der Waals surface area contributed by atoms with Gasteiger partial charge in [0.05, 0.1) is 18.1 Å². The number of rotatable bonds is 7. The first kappa shape index (κ1) is 22.1. The maximum atomic E-state index is 12.8. The molecule has 1 fully saturated rings. The molecule has 0 unspecified atom stereocenters. The molecule has 0 atom stereocenters. The average molecular weight is 431 g/mol. The molecular weight excluding hydrogens is 404 g/mol. The van der Waals surface area contributed by atoms with Gasteiger partial charge in [0.2, 0.25) is 15.9 Å². The molecule has 0 aromatic heterocycles. The summed E-state index contributed by atoms with van der Waals surface area (Å²) in [5.74, 6) is -0.440. The maximum Gasteiger partial charge on any atom is 0.243 e. The molecule has 30 heavy (non-hydrogen) atoms. The minimum atomic E-state index is -3.65. The molecule has 3 rings (SSSR count). The number of hydrogen-bond acceptors (Lipinski definition) is 5. The molecule has 1 saturated heterocycles. The van der Waals surface area contributed by atoms with Crippen molar-refractivity contribution in [1.29, 1.82) is 0 Å². The van der Waals surface area contributed by atoms with Crippen LogP contribution in [0.5, 0.6) is 0 Å². The third kappa shape index (κ3) is 5.33. The highest BCUT2D eigenvalue weighted by Crippen LogP contribution is 2.24. The van der Waals surface area contributed by atoms with Crippen LogP contribution in [0.15, 0.2) is 47.4 Å². The highest BCUT2D eigenvalue weighted by molar-refractivity contribution is 7.89. The lowest BCUT2D eigenvalue weighted by Gasteiger charge is -2.26. The van der Waals surface area contributed by atoms with Crippen molar-refractivity contribution in [2.75, 3.05) is 31.6 Å². The van der Waals surface area contributed by atoms with E-state index in [4.69, 9.17) is 4.74 Å². The Hall–Kier alpha value is -2.55. The monoisotopic (exact) mass is 430 g/mol. The third-order valence-corrected chi connectivity index (χ3v) is 6.94. The summed E-state index contributed by atoms with van der Waals surface area (Å²) in [4.78, 5) is 24.8. The smallest absolute Gasteiger partial charge is 0.243 e. The fourth-order valence-electron chi connectivity index (χ4n) is 3.16. The molecule has 2 aromatic rings. The molecule has 2 aromatic carbocycles. The molecule has 7 nitrogen and oxygen atoms in total. The first-order valence-corrected chi connectivity index (χ1v) is 11.3. The second-order valence-electron chi connectivity index (χ2n) is 7.33. The molecular formula is C22H26N2O5S. The van der Waals surface area contributed by atoms with E-state index in [0.29, 0.717) is 37.6 Å². The van der Waals surface area contributed by atoms with Crippen molar-refractivity contribution in [3.05, 3.63) is 59.2 Å². The number of sulfonamides is 1. The minimum Gasteiger partial charge on any atom is -0.379 e. The Morgan fingerprint density at radius 1 is 1.00 bits per heavy atom. The quantitative estimate of drug-likeness (QED) is 0.682. The van der Waals surface area contributed by atoms with Crippen LogP contribution in [0.25, 0.3) is 0 Å². The van der Waals surface area contributed by atoms with E-state index in [1.807, 2.05) is 19.1 Å². The summed E-state index contributed by atoms with van der Waals surface area (Å²) in [6.45, 7) is 5.07. The van der Waals surface area contributed by atoms with Crippen LogP contribution in [-0.2, 0) is 19.6 Å². The van der Waals surface area contributed by atoms with Crippen molar-refractivity contribution in [3.8, 4) is 0 Å². The number of anilines is 1. The van der Waals surface area contributed by atoms with Crippen LogP contribution in [-0.4, -0.2) is 50.7 Å². The van der Waals surface area contributed by atoms with Crippen LogP contribution < -0.4 is 5.32 Å². The molecule has 0 aliphatic carbocycles. The van der Waals surface area contributed by atoms with Gasteiger partial charge >= 0.3 is 0 Å².